The second kappa shape index (κ2) is 6.02. The number of benzene rings is 1. The summed E-state index contributed by atoms with van der Waals surface area (Å²) in [5.74, 6) is -0.497. The maximum absolute atomic E-state index is 14.0. The summed E-state index contributed by atoms with van der Waals surface area (Å²) in [5, 5.41) is 0. The summed E-state index contributed by atoms with van der Waals surface area (Å²) in [4.78, 5) is 27.9. The van der Waals surface area contributed by atoms with E-state index in [0.717, 1.165) is 11.1 Å². The van der Waals surface area contributed by atoms with Gasteiger partial charge in [-0.2, -0.15) is 0 Å². The summed E-state index contributed by atoms with van der Waals surface area (Å²) in [6.45, 7) is 6.24. The Morgan fingerprint density at radius 2 is 2.08 bits per heavy atom. The highest BCUT2D eigenvalue weighted by atomic mass is 79.9. The normalized spacial score (nSPS) is 20.5. The Kier molecular flexibility index (Phi) is 4.32. The highest BCUT2D eigenvalue weighted by molar-refractivity contribution is 9.10. The van der Waals surface area contributed by atoms with Gasteiger partial charge in [-0.1, -0.05) is 0 Å². The Hall–Kier alpha value is -1.63. The lowest BCUT2D eigenvalue weighted by Gasteiger charge is -2.44. The SMILES string of the molecule is CC(C)(C)OC(=O)N1CC(=O)N2CCc3cc(Br)c(F)cc3[C@@H]2C1. The van der Waals surface area contributed by atoms with Gasteiger partial charge in [-0.15, -0.1) is 0 Å². The summed E-state index contributed by atoms with van der Waals surface area (Å²) < 4.78 is 19.8. The molecule has 1 aromatic carbocycles. The molecule has 1 saturated heterocycles. The zero-order valence-electron chi connectivity index (χ0n) is 13.9. The fraction of sp³-hybridized carbons (Fsp3) is 0.529. The van der Waals surface area contributed by atoms with E-state index < -0.39 is 11.7 Å². The topological polar surface area (TPSA) is 49.9 Å². The monoisotopic (exact) mass is 398 g/mol. The predicted octanol–water partition coefficient (Wildman–Crippen LogP) is 3.26. The van der Waals surface area contributed by atoms with Crippen LogP contribution in [0.2, 0.25) is 0 Å². The standard InChI is InChI=1S/C17H20BrFN2O3/c1-17(2,3)24-16(23)20-8-14-11-7-13(19)12(18)6-10(11)4-5-21(14)15(22)9-20/h6-7,14H,4-5,8-9H2,1-3H3/t14-/m0/s1. The first-order chi connectivity index (χ1) is 11.2. The lowest BCUT2D eigenvalue weighted by Crippen LogP contribution is -2.56. The Morgan fingerprint density at radius 1 is 1.38 bits per heavy atom. The molecule has 2 aliphatic heterocycles. The molecule has 0 unspecified atom stereocenters. The number of hydrogen-bond donors (Lipinski definition) is 0. The molecule has 3 rings (SSSR count). The Labute approximate surface area is 148 Å². The predicted molar refractivity (Wildman–Crippen MR) is 90.1 cm³/mol. The third-order valence-electron chi connectivity index (χ3n) is 4.23. The highest BCUT2D eigenvalue weighted by Crippen LogP contribution is 2.35. The van der Waals surface area contributed by atoms with Crippen LogP contribution in [-0.4, -0.2) is 47.0 Å². The molecule has 24 heavy (non-hydrogen) atoms. The van der Waals surface area contributed by atoms with Crippen molar-refractivity contribution >= 4 is 27.9 Å². The van der Waals surface area contributed by atoms with Crippen LogP contribution in [0.1, 0.15) is 37.9 Å². The van der Waals surface area contributed by atoms with Crippen molar-refractivity contribution in [2.45, 2.75) is 38.8 Å². The highest BCUT2D eigenvalue weighted by Gasteiger charge is 2.40. The molecule has 7 heteroatoms. The molecule has 1 fully saturated rings. The number of ether oxygens (including phenoxy) is 1. The minimum Gasteiger partial charge on any atom is -0.444 e. The molecule has 2 amide bonds. The second-order valence-corrected chi connectivity index (χ2v) is 8.03. The van der Waals surface area contributed by atoms with E-state index in [9.17, 15) is 14.0 Å². The van der Waals surface area contributed by atoms with Crippen molar-refractivity contribution in [3.05, 3.63) is 33.5 Å². The summed E-state index contributed by atoms with van der Waals surface area (Å²) in [6.07, 6.45) is 0.170. The van der Waals surface area contributed by atoms with Crippen LogP contribution in [-0.2, 0) is 16.0 Å². The molecular formula is C17H20BrFN2O3. The molecule has 130 valence electrons. The van der Waals surface area contributed by atoms with Crippen LogP contribution in [0.5, 0.6) is 0 Å². The third kappa shape index (κ3) is 3.27. The van der Waals surface area contributed by atoms with Crippen LogP contribution in [0.25, 0.3) is 0 Å². The lowest BCUT2D eigenvalue weighted by atomic mass is 9.90. The molecule has 0 radical (unpaired) electrons. The maximum atomic E-state index is 14.0. The average molecular weight is 399 g/mol. The van der Waals surface area contributed by atoms with E-state index in [1.165, 1.54) is 11.0 Å². The van der Waals surface area contributed by atoms with Gasteiger partial charge in [-0.05, 0) is 66.4 Å². The first kappa shape index (κ1) is 17.2. The quantitative estimate of drug-likeness (QED) is 0.673. The summed E-state index contributed by atoms with van der Waals surface area (Å²) in [6, 6.07) is 2.89. The van der Waals surface area contributed by atoms with Crippen LogP contribution in [0.3, 0.4) is 0 Å². The number of carbonyl (C=O) groups excluding carboxylic acids is 2. The zero-order chi connectivity index (χ0) is 17.6. The number of fused-ring (bicyclic) bond motifs is 3. The van der Waals surface area contributed by atoms with Crippen molar-refractivity contribution in [2.24, 2.45) is 0 Å². The van der Waals surface area contributed by atoms with Crippen LogP contribution < -0.4 is 0 Å². The van der Waals surface area contributed by atoms with E-state index in [1.54, 1.807) is 31.7 Å². The molecule has 0 N–H and O–H groups in total. The van der Waals surface area contributed by atoms with Gasteiger partial charge in [0.2, 0.25) is 5.91 Å². The fourth-order valence-corrected chi connectivity index (χ4v) is 3.57. The molecule has 2 aliphatic rings. The van der Waals surface area contributed by atoms with Gasteiger partial charge in [0.25, 0.3) is 0 Å². The van der Waals surface area contributed by atoms with Crippen molar-refractivity contribution < 1.29 is 18.7 Å². The van der Waals surface area contributed by atoms with E-state index in [2.05, 4.69) is 15.9 Å². The number of halogens is 2. The Morgan fingerprint density at radius 3 is 2.75 bits per heavy atom. The molecule has 5 nitrogen and oxygen atoms in total. The van der Waals surface area contributed by atoms with E-state index >= 15 is 0 Å². The van der Waals surface area contributed by atoms with Gasteiger partial charge in [-0.25, -0.2) is 9.18 Å². The van der Waals surface area contributed by atoms with E-state index in [0.29, 0.717) is 24.0 Å². The van der Waals surface area contributed by atoms with Gasteiger partial charge in [-0.3, -0.25) is 9.69 Å². The van der Waals surface area contributed by atoms with Gasteiger partial charge >= 0.3 is 6.09 Å². The van der Waals surface area contributed by atoms with Gasteiger partial charge in [0.15, 0.2) is 0 Å². The number of carbonyl (C=O) groups is 2. The van der Waals surface area contributed by atoms with Crippen molar-refractivity contribution in [1.82, 2.24) is 9.80 Å². The van der Waals surface area contributed by atoms with Crippen LogP contribution in [0.15, 0.2) is 16.6 Å². The molecule has 0 aromatic heterocycles. The second-order valence-electron chi connectivity index (χ2n) is 7.18. The maximum Gasteiger partial charge on any atom is 0.410 e. The number of piperazine rings is 1. The van der Waals surface area contributed by atoms with Crippen LogP contribution in [0, 0.1) is 5.82 Å². The zero-order valence-corrected chi connectivity index (χ0v) is 15.5. The molecule has 0 spiro atoms. The summed E-state index contributed by atoms with van der Waals surface area (Å²) in [5.41, 5.74) is 1.14. The van der Waals surface area contributed by atoms with Crippen molar-refractivity contribution in [3.63, 3.8) is 0 Å². The fourth-order valence-electron chi connectivity index (χ4n) is 3.18. The molecule has 0 saturated carbocycles. The number of nitrogens with zero attached hydrogens (tertiary/aromatic N) is 2. The van der Waals surface area contributed by atoms with E-state index in [-0.39, 0.29) is 24.3 Å². The van der Waals surface area contributed by atoms with Gasteiger partial charge in [0.05, 0.1) is 10.5 Å². The van der Waals surface area contributed by atoms with Crippen molar-refractivity contribution in [2.75, 3.05) is 19.6 Å². The van der Waals surface area contributed by atoms with E-state index in [4.69, 9.17) is 4.74 Å². The molecule has 2 heterocycles. The first-order valence-corrected chi connectivity index (χ1v) is 8.70. The van der Waals surface area contributed by atoms with Crippen molar-refractivity contribution in [1.29, 1.82) is 0 Å². The molecule has 0 bridgehead atoms. The van der Waals surface area contributed by atoms with Gasteiger partial charge < -0.3 is 9.64 Å². The minimum atomic E-state index is -0.626. The summed E-state index contributed by atoms with van der Waals surface area (Å²) in [7, 11) is 0. The largest absolute Gasteiger partial charge is 0.444 e. The number of rotatable bonds is 0. The molecule has 1 aromatic rings. The molecule has 0 aliphatic carbocycles. The van der Waals surface area contributed by atoms with Gasteiger partial charge in [0.1, 0.15) is 18.0 Å². The Balaban J connectivity index is 1.89. The molecule has 1 atom stereocenters. The van der Waals surface area contributed by atoms with Crippen LogP contribution in [0.4, 0.5) is 9.18 Å². The van der Waals surface area contributed by atoms with Crippen molar-refractivity contribution in [3.8, 4) is 0 Å². The lowest BCUT2D eigenvalue weighted by molar-refractivity contribution is -0.140. The summed E-state index contributed by atoms with van der Waals surface area (Å²) >= 11 is 3.20. The minimum absolute atomic E-state index is 0.000241. The number of amides is 2. The average Bonchev–Trinajstić information content (AvgIpc) is 2.46. The third-order valence-corrected chi connectivity index (χ3v) is 4.84. The molecular weight excluding hydrogens is 379 g/mol. The number of hydrogen-bond acceptors (Lipinski definition) is 3. The first-order valence-electron chi connectivity index (χ1n) is 7.91. The Bertz CT molecular complexity index is 702. The smallest absolute Gasteiger partial charge is 0.410 e. The van der Waals surface area contributed by atoms with Gasteiger partial charge in [0, 0.05) is 13.1 Å². The van der Waals surface area contributed by atoms with Crippen LogP contribution >= 0.6 is 15.9 Å². The van der Waals surface area contributed by atoms with E-state index in [1.807, 2.05) is 0 Å².